The van der Waals surface area contributed by atoms with Crippen LogP contribution < -0.4 is 0 Å². The summed E-state index contributed by atoms with van der Waals surface area (Å²) in [6, 6.07) is 0. The van der Waals surface area contributed by atoms with Crippen LogP contribution in [0.15, 0.2) is 0 Å². The van der Waals surface area contributed by atoms with Crippen molar-refractivity contribution in [2.75, 3.05) is 19.8 Å². The summed E-state index contributed by atoms with van der Waals surface area (Å²) in [5.41, 5.74) is 0. The van der Waals surface area contributed by atoms with E-state index in [0.717, 1.165) is 12.8 Å². The van der Waals surface area contributed by atoms with Crippen LogP contribution in [-0.4, -0.2) is 42.0 Å². The van der Waals surface area contributed by atoms with Gasteiger partial charge in [0.25, 0.3) is 0 Å². The number of ether oxygens (including phenoxy) is 2. The molecule has 0 spiro atoms. The minimum Gasteiger partial charge on any atom is -0.480 e. The van der Waals surface area contributed by atoms with Crippen molar-refractivity contribution in [3.05, 3.63) is 6.61 Å². The van der Waals surface area contributed by atoms with Gasteiger partial charge in [-0.25, -0.2) is 9.59 Å². The molecular weight excluding hydrogens is 204 g/mol. The third-order valence-corrected chi connectivity index (χ3v) is 1.41. The average molecular weight is 219 g/mol. The Morgan fingerprint density at radius 3 is 2.33 bits per heavy atom. The lowest BCUT2D eigenvalue weighted by Gasteiger charge is -2.01. The van der Waals surface area contributed by atoms with Crippen LogP contribution in [0.25, 0.3) is 0 Å². The minimum atomic E-state index is -1.00. The highest BCUT2D eigenvalue weighted by Crippen LogP contribution is 1.99. The molecule has 0 aromatic heterocycles. The predicted octanol–water partition coefficient (Wildman–Crippen LogP) is 0.521. The summed E-state index contributed by atoms with van der Waals surface area (Å²) >= 11 is 0. The largest absolute Gasteiger partial charge is 0.480 e. The van der Waals surface area contributed by atoms with Gasteiger partial charge in [0.15, 0.2) is 0 Å². The molecule has 0 aliphatic heterocycles. The van der Waals surface area contributed by atoms with E-state index < -0.39 is 11.9 Å². The highest BCUT2D eigenvalue weighted by atomic mass is 16.5. The van der Waals surface area contributed by atoms with Gasteiger partial charge in [0.1, 0.15) is 13.2 Å². The molecule has 0 heterocycles. The van der Waals surface area contributed by atoms with E-state index in [0.29, 0.717) is 13.0 Å². The number of carbonyl (C=O) groups is 2. The number of unbranched alkanes of at least 4 members (excludes halogenated alkanes) is 2. The van der Waals surface area contributed by atoms with Crippen molar-refractivity contribution >= 4 is 11.9 Å². The van der Waals surface area contributed by atoms with E-state index in [-0.39, 0.29) is 13.2 Å². The number of rotatable bonds is 10. The number of aliphatic carboxylic acids is 2. The first-order chi connectivity index (χ1) is 7.13. The summed E-state index contributed by atoms with van der Waals surface area (Å²) in [6.45, 7) is 1.22. The standard InChI is InChI=1S/C9H15O6/c10-8(11)6-14-4-2-1-3-5-15-7-9(12)13/h4H,1-3,5-7H2,(H,10,11)(H,12,13). The van der Waals surface area contributed by atoms with Crippen molar-refractivity contribution in [3.63, 3.8) is 0 Å². The summed E-state index contributed by atoms with van der Waals surface area (Å²) in [4.78, 5) is 20.0. The number of carboxylic acid groups (broad SMARTS) is 2. The number of hydrogen-bond acceptors (Lipinski definition) is 4. The van der Waals surface area contributed by atoms with E-state index in [1.807, 2.05) is 0 Å². The van der Waals surface area contributed by atoms with Crippen molar-refractivity contribution in [2.24, 2.45) is 0 Å². The Kier molecular flexibility index (Phi) is 8.70. The molecule has 1 radical (unpaired) electrons. The molecule has 6 nitrogen and oxygen atoms in total. The van der Waals surface area contributed by atoms with Crippen molar-refractivity contribution in [3.8, 4) is 0 Å². The first-order valence-corrected chi connectivity index (χ1v) is 4.57. The SMILES string of the molecule is O=C(O)CO[CH]CCCCOCC(=O)O. The third-order valence-electron chi connectivity index (χ3n) is 1.41. The highest BCUT2D eigenvalue weighted by molar-refractivity contribution is 5.68. The molecule has 0 saturated heterocycles. The average Bonchev–Trinajstić information content (AvgIpc) is 2.14. The summed E-state index contributed by atoms with van der Waals surface area (Å²) in [5, 5.41) is 16.4. The Morgan fingerprint density at radius 2 is 1.73 bits per heavy atom. The molecule has 6 heteroatoms. The van der Waals surface area contributed by atoms with Crippen LogP contribution in [0.5, 0.6) is 0 Å². The maximum atomic E-state index is 10.0. The molecule has 0 bridgehead atoms. The van der Waals surface area contributed by atoms with E-state index in [9.17, 15) is 9.59 Å². The topological polar surface area (TPSA) is 93.1 Å². The van der Waals surface area contributed by atoms with Crippen LogP contribution in [-0.2, 0) is 19.1 Å². The smallest absolute Gasteiger partial charge is 0.329 e. The highest BCUT2D eigenvalue weighted by Gasteiger charge is 1.98. The Morgan fingerprint density at radius 1 is 1.07 bits per heavy atom. The predicted molar refractivity (Wildman–Crippen MR) is 50.2 cm³/mol. The Labute approximate surface area is 87.8 Å². The lowest BCUT2D eigenvalue weighted by Crippen LogP contribution is -2.08. The van der Waals surface area contributed by atoms with Crippen LogP contribution in [0, 0.1) is 6.61 Å². The second kappa shape index (κ2) is 9.42. The lowest BCUT2D eigenvalue weighted by molar-refractivity contribution is -0.142. The van der Waals surface area contributed by atoms with E-state index in [4.69, 9.17) is 14.9 Å². The van der Waals surface area contributed by atoms with Gasteiger partial charge in [-0.3, -0.25) is 0 Å². The maximum absolute atomic E-state index is 10.0. The fourth-order valence-corrected chi connectivity index (χ4v) is 0.805. The monoisotopic (exact) mass is 219 g/mol. The molecule has 0 saturated carbocycles. The van der Waals surface area contributed by atoms with Crippen LogP contribution in [0.2, 0.25) is 0 Å². The zero-order valence-electron chi connectivity index (χ0n) is 8.35. The van der Waals surface area contributed by atoms with Crippen LogP contribution in [0.3, 0.4) is 0 Å². The van der Waals surface area contributed by atoms with Gasteiger partial charge in [-0.05, 0) is 19.3 Å². The molecule has 15 heavy (non-hydrogen) atoms. The molecule has 0 aromatic rings. The number of hydrogen-bond donors (Lipinski definition) is 2. The van der Waals surface area contributed by atoms with Gasteiger partial charge in [-0.1, -0.05) is 0 Å². The van der Waals surface area contributed by atoms with Crippen molar-refractivity contribution in [1.82, 2.24) is 0 Å². The maximum Gasteiger partial charge on any atom is 0.329 e. The molecule has 0 aliphatic carbocycles. The fourth-order valence-electron chi connectivity index (χ4n) is 0.805. The third kappa shape index (κ3) is 12.9. The Bertz CT molecular complexity index is 171. The molecule has 0 rings (SSSR count). The zero-order chi connectivity index (χ0) is 11.5. The second-order valence-corrected chi connectivity index (χ2v) is 2.81. The number of carboxylic acids is 2. The van der Waals surface area contributed by atoms with Gasteiger partial charge in [0, 0.05) is 6.61 Å². The first-order valence-electron chi connectivity index (χ1n) is 4.57. The van der Waals surface area contributed by atoms with Gasteiger partial charge in [-0.2, -0.15) is 0 Å². The van der Waals surface area contributed by atoms with Crippen LogP contribution in [0.1, 0.15) is 19.3 Å². The Hall–Kier alpha value is -1.14. The van der Waals surface area contributed by atoms with Gasteiger partial charge in [0.2, 0.25) is 0 Å². The summed E-state index contributed by atoms with van der Waals surface area (Å²) in [6.07, 6.45) is 2.13. The summed E-state index contributed by atoms with van der Waals surface area (Å²) in [7, 11) is 0. The molecule has 0 atom stereocenters. The van der Waals surface area contributed by atoms with E-state index in [1.54, 1.807) is 0 Å². The lowest BCUT2D eigenvalue weighted by atomic mass is 10.2. The molecule has 87 valence electrons. The first kappa shape index (κ1) is 13.9. The molecular formula is C9H15O6. The van der Waals surface area contributed by atoms with Crippen molar-refractivity contribution < 1.29 is 29.3 Å². The zero-order valence-corrected chi connectivity index (χ0v) is 8.35. The van der Waals surface area contributed by atoms with Crippen LogP contribution in [0.4, 0.5) is 0 Å². The molecule has 0 aliphatic rings. The van der Waals surface area contributed by atoms with Crippen molar-refractivity contribution in [1.29, 1.82) is 0 Å². The van der Waals surface area contributed by atoms with Gasteiger partial charge in [0.05, 0.1) is 6.61 Å². The quantitative estimate of drug-likeness (QED) is 0.520. The molecule has 0 fully saturated rings. The van der Waals surface area contributed by atoms with Gasteiger partial charge >= 0.3 is 11.9 Å². The molecule has 2 N–H and O–H groups in total. The normalized spacial score (nSPS) is 10.1. The fraction of sp³-hybridized carbons (Fsp3) is 0.667. The molecule has 0 unspecified atom stereocenters. The molecule has 0 aromatic carbocycles. The summed E-state index contributed by atoms with van der Waals surface area (Å²) in [5.74, 6) is -1.98. The molecule has 0 amide bonds. The van der Waals surface area contributed by atoms with E-state index >= 15 is 0 Å². The summed E-state index contributed by atoms with van der Waals surface area (Å²) < 4.78 is 9.47. The van der Waals surface area contributed by atoms with Crippen LogP contribution >= 0.6 is 0 Å². The van der Waals surface area contributed by atoms with E-state index in [1.165, 1.54) is 6.61 Å². The Balaban J connectivity index is 2.99. The second-order valence-electron chi connectivity index (χ2n) is 2.81. The van der Waals surface area contributed by atoms with Crippen molar-refractivity contribution in [2.45, 2.75) is 19.3 Å². The van der Waals surface area contributed by atoms with E-state index in [2.05, 4.69) is 4.74 Å². The minimum absolute atomic E-state index is 0.279. The van der Waals surface area contributed by atoms with Gasteiger partial charge < -0.3 is 19.7 Å². The van der Waals surface area contributed by atoms with Gasteiger partial charge in [-0.15, -0.1) is 0 Å².